The van der Waals surface area contributed by atoms with Gasteiger partial charge in [0.25, 0.3) is 0 Å². The van der Waals surface area contributed by atoms with Crippen molar-refractivity contribution in [1.82, 2.24) is 0 Å². The summed E-state index contributed by atoms with van der Waals surface area (Å²) in [5.74, 6) is 0.710. The third-order valence-corrected chi connectivity index (χ3v) is 5.00. The fourth-order valence-electron chi connectivity index (χ4n) is 4.05. The van der Waals surface area contributed by atoms with E-state index in [0.717, 1.165) is 6.42 Å². The lowest BCUT2D eigenvalue weighted by Gasteiger charge is -2.57. The van der Waals surface area contributed by atoms with Gasteiger partial charge in [0.15, 0.2) is 0 Å². The van der Waals surface area contributed by atoms with Crippen molar-refractivity contribution in [2.24, 2.45) is 11.3 Å². The molecule has 2 fully saturated rings. The lowest BCUT2D eigenvalue weighted by molar-refractivity contribution is -0.221. The first-order valence-electron chi connectivity index (χ1n) is 6.65. The van der Waals surface area contributed by atoms with Crippen molar-refractivity contribution < 1.29 is 4.74 Å². The summed E-state index contributed by atoms with van der Waals surface area (Å²) in [6, 6.07) is 0. The largest absolute Gasteiger partial charge is 0.365 e. The van der Waals surface area contributed by atoms with Gasteiger partial charge in [-0.2, -0.15) is 0 Å². The minimum Gasteiger partial charge on any atom is -0.365 e. The Kier molecular flexibility index (Phi) is 2.73. The molecule has 0 amide bonds. The summed E-state index contributed by atoms with van der Waals surface area (Å²) in [5.41, 5.74) is 0.414. The summed E-state index contributed by atoms with van der Waals surface area (Å²) >= 11 is 0. The zero-order valence-electron chi connectivity index (χ0n) is 11.3. The Labute approximate surface area is 100 Å². The summed E-state index contributed by atoms with van der Waals surface area (Å²) < 4.78 is 6.43. The maximum atomic E-state index is 6.43. The molecule has 0 radical (unpaired) electrons. The van der Waals surface area contributed by atoms with Gasteiger partial charge in [-0.15, -0.1) is 6.58 Å². The Morgan fingerprint density at radius 3 is 2.44 bits per heavy atom. The molecule has 1 saturated carbocycles. The topological polar surface area (TPSA) is 9.23 Å². The molecular formula is C15H26O. The highest BCUT2D eigenvalue weighted by Gasteiger charge is 2.52. The monoisotopic (exact) mass is 222 g/mol. The van der Waals surface area contributed by atoms with Crippen molar-refractivity contribution in [2.45, 2.75) is 71.0 Å². The number of ether oxygens (including phenoxy) is 1. The molecule has 3 atom stereocenters. The van der Waals surface area contributed by atoms with E-state index >= 15 is 0 Å². The molecule has 92 valence electrons. The minimum absolute atomic E-state index is 0.0724. The SMILES string of the molecule is C=CC1(C)CCC2C(C)(C)CCC[C@]2(C)O1. The molecule has 2 unspecified atom stereocenters. The van der Waals surface area contributed by atoms with Crippen LogP contribution < -0.4 is 0 Å². The first-order valence-corrected chi connectivity index (χ1v) is 6.65. The average molecular weight is 222 g/mol. The van der Waals surface area contributed by atoms with Crippen LogP contribution in [0.3, 0.4) is 0 Å². The van der Waals surface area contributed by atoms with E-state index in [-0.39, 0.29) is 11.2 Å². The minimum atomic E-state index is -0.0985. The number of rotatable bonds is 1. The fourth-order valence-corrected chi connectivity index (χ4v) is 4.05. The maximum Gasteiger partial charge on any atom is 0.0839 e. The van der Waals surface area contributed by atoms with Crippen LogP contribution in [0.25, 0.3) is 0 Å². The first-order chi connectivity index (χ1) is 7.31. The summed E-state index contributed by atoms with van der Waals surface area (Å²) in [5, 5.41) is 0. The molecule has 0 aromatic heterocycles. The van der Waals surface area contributed by atoms with E-state index in [4.69, 9.17) is 4.74 Å². The van der Waals surface area contributed by atoms with E-state index in [2.05, 4.69) is 34.3 Å². The van der Waals surface area contributed by atoms with E-state index in [1.54, 1.807) is 0 Å². The van der Waals surface area contributed by atoms with Crippen molar-refractivity contribution >= 4 is 0 Å². The average Bonchev–Trinajstić information content (AvgIpc) is 2.15. The lowest BCUT2D eigenvalue weighted by atomic mass is 9.58. The summed E-state index contributed by atoms with van der Waals surface area (Å²) in [4.78, 5) is 0. The predicted octanol–water partition coefficient (Wildman–Crippen LogP) is 4.33. The molecule has 2 rings (SSSR count). The molecule has 0 aromatic rings. The lowest BCUT2D eigenvalue weighted by Crippen LogP contribution is -2.56. The van der Waals surface area contributed by atoms with Gasteiger partial charge < -0.3 is 4.74 Å². The quantitative estimate of drug-likeness (QED) is 0.600. The third-order valence-electron chi connectivity index (χ3n) is 5.00. The molecule has 16 heavy (non-hydrogen) atoms. The van der Waals surface area contributed by atoms with Crippen LogP contribution in [0.15, 0.2) is 12.7 Å². The summed E-state index contributed by atoms with van der Waals surface area (Å²) in [7, 11) is 0. The molecule has 0 N–H and O–H groups in total. The van der Waals surface area contributed by atoms with Crippen molar-refractivity contribution in [1.29, 1.82) is 0 Å². The van der Waals surface area contributed by atoms with Gasteiger partial charge in [-0.25, -0.2) is 0 Å². The van der Waals surface area contributed by atoms with Crippen LogP contribution in [-0.2, 0) is 4.74 Å². The normalized spacial score (nSPS) is 47.1. The molecule has 1 nitrogen and oxygen atoms in total. The third kappa shape index (κ3) is 1.84. The highest BCUT2D eigenvalue weighted by atomic mass is 16.5. The highest BCUT2D eigenvalue weighted by Crippen LogP contribution is 2.54. The zero-order valence-corrected chi connectivity index (χ0v) is 11.3. The Hall–Kier alpha value is -0.300. The first kappa shape index (κ1) is 12.2. The second kappa shape index (κ2) is 3.60. The van der Waals surface area contributed by atoms with E-state index in [1.807, 2.05) is 6.08 Å². The number of hydrogen-bond donors (Lipinski definition) is 0. The van der Waals surface area contributed by atoms with E-state index in [9.17, 15) is 0 Å². The predicted molar refractivity (Wildman–Crippen MR) is 68.4 cm³/mol. The van der Waals surface area contributed by atoms with Crippen LogP contribution in [0.1, 0.15) is 59.8 Å². The Bertz CT molecular complexity index is 294. The zero-order chi connectivity index (χ0) is 12.0. The van der Waals surface area contributed by atoms with Gasteiger partial charge in [-0.1, -0.05) is 26.3 Å². The highest BCUT2D eigenvalue weighted by molar-refractivity contribution is 5.07. The maximum absolute atomic E-state index is 6.43. The Morgan fingerprint density at radius 2 is 1.81 bits per heavy atom. The van der Waals surface area contributed by atoms with Crippen LogP contribution in [-0.4, -0.2) is 11.2 Å². The second-order valence-electron chi connectivity index (χ2n) is 6.86. The molecule has 1 heteroatoms. The summed E-state index contributed by atoms with van der Waals surface area (Å²) in [6.07, 6.45) is 8.27. The Morgan fingerprint density at radius 1 is 1.12 bits per heavy atom. The fraction of sp³-hybridized carbons (Fsp3) is 0.867. The van der Waals surface area contributed by atoms with Gasteiger partial charge in [0.2, 0.25) is 0 Å². The van der Waals surface area contributed by atoms with E-state index < -0.39 is 0 Å². The second-order valence-corrected chi connectivity index (χ2v) is 6.86. The van der Waals surface area contributed by atoms with Crippen molar-refractivity contribution in [3.8, 4) is 0 Å². The van der Waals surface area contributed by atoms with Gasteiger partial charge >= 0.3 is 0 Å². The Balaban J connectivity index is 2.26. The van der Waals surface area contributed by atoms with Gasteiger partial charge in [0.1, 0.15) is 0 Å². The van der Waals surface area contributed by atoms with Gasteiger partial charge in [0.05, 0.1) is 11.2 Å². The number of hydrogen-bond acceptors (Lipinski definition) is 1. The molecule has 1 aliphatic carbocycles. The number of fused-ring (bicyclic) bond motifs is 1. The van der Waals surface area contributed by atoms with E-state index in [0.29, 0.717) is 11.3 Å². The molecule has 0 aromatic carbocycles. The molecule has 1 heterocycles. The van der Waals surface area contributed by atoms with Crippen molar-refractivity contribution in [2.75, 3.05) is 0 Å². The summed E-state index contributed by atoms with van der Waals surface area (Å²) in [6.45, 7) is 13.3. The standard InChI is InChI=1S/C15H26O/c1-6-14(4)11-8-12-13(2,3)9-7-10-15(12,5)16-14/h6,12H,1,7-11H2,2-5H3/t12?,14?,15-/m0/s1. The van der Waals surface area contributed by atoms with Crippen LogP contribution in [0.2, 0.25) is 0 Å². The van der Waals surface area contributed by atoms with Crippen LogP contribution >= 0.6 is 0 Å². The molecule has 1 aliphatic heterocycles. The van der Waals surface area contributed by atoms with E-state index in [1.165, 1.54) is 25.7 Å². The molecule has 0 spiro atoms. The van der Waals surface area contributed by atoms with Crippen LogP contribution in [0, 0.1) is 11.3 Å². The van der Waals surface area contributed by atoms with Gasteiger partial charge in [0, 0.05) is 0 Å². The molecule has 2 aliphatic rings. The smallest absolute Gasteiger partial charge is 0.0839 e. The molecule has 0 bridgehead atoms. The van der Waals surface area contributed by atoms with Crippen molar-refractivity contribution in [3.05, 3.63) is 12.7 Å². The van der Waals surface area contributed by atoms with Crippen LogP contribution in [0.4, 0.5) is 0 Å². The van der Waals surface area contributed by atoms with Gasteiger partial charge in [-0.3, -0.25) is 0 Å². The van der Waals surface area contributed by atoms with Gasteiger partial charge in [-0.05, 0) is 50.9 Å². The van der Waals surface area contributed by atoms with Crippen LogP contribution in [0.5, 0.6) is 0 Å². The molecule has 1 saturated heterocycles. The molecular weight excluding hydrogens is 196 g/mol. The van der Waals surface area contributed by atoms with Crippen molar-refractivity contribution in [3.63, 3.8) is 0 Å².